The van der Waals surface area contributed by atoms with E-state index in [1.165, 1.54) is 0 Å². The van der Waals surface area contributed by atoms with Crippen molar-refractivity contribution in [1.29, 1.82) is 0 Å². The molecule has 1 aromatic heterocycles. The number of hydrogen-bond donors (Lipinski definition) is 1. The molecule has 1 fully saturated rings. The van der Waals surface area contributed by atoms with Crippen molar-refractivity contribution in [3.05, 3.63) is 45.7 Å². The summed E-state index contributed by atoms with van der Waals surface area (Å²) in [7, 11) is 1.55. The van der Waals surface area contributed by atoms with Gasteiger partial charge in [-0.05, 0) is 50.7 Å². The standard InChI is InChI=1S/C20H26N2O3/c1-14-17(21-18-6-4-3-5-16(18)20(14)24)8-7-15-9-11-22(12-10-15)19(23)13-25-2/h3-6,15H,7-13H2,1-2H3,(H,21,24). The van der Waals surface area contributed by atoms with Crippen LogP contribution in [0.1, 0.15) is 30.5 Å². The van der Waals surface area contributed by atoms with Crippen molar-refractivity contribution in [2.75, 3.05) is 26.8 Å². The van der Waals surface area contributed by atoms with Gasteiger partial charge >= 0.3 is 0 Å². The number of carbonyl (C=O) groups excluding carboxylic acids is 1. The van der Waals surface area contributed by atoms with Crippen LogP contribution in [0.2, 0.25) is 0 Å². The molecule has 2 heterocycles. The first-order valence-corrected chi connectivity index (χ1v) is 8.97. The van der Waals surface area contributed by atoms with E-state index in [2.05, 4.69) is 4.98 Å². The number of hydrogen-bond acceptors (Lipinski definition) is 3. The van der Waals surface area contributed by atoms with Gasteiger partial charge in [0.2, 0.25) is 5.91 Å². The molecule has 134 valence electrons. The maximum absolute atomic E-state index is 12.5. The zero-order valence-electron chi connectivity index (χ0n) is 15.0. The number of benzene rings is 1. The Kier molecular flexibility index (Phi) is 5.53. The number of likely N-dealkylation sites (tertiary alicyclic amines) is 1. The largest absolute Gasteiger partial charge is 0.375 e. The molecule has 0 spiro atoms. The Morgan fingerprint density at radius 1 is 1.28 bits per heavy atom. The number of carbonyl (C=O) groups is 1. The zero-order valence-corrected chi connectivity index (χ0v) is 15.0. The number of amides is 1. The molecule has 1 N–H and O–H groups in total. The highest BCUT2D eigenvalue weighted by Gasteiger charge is 2.22. The minimum Gasteiger partial charge on any atom is -0.375 e. The molecule has 1 saturated heterocycles. The molecule has 5 nitrogen and oxygen atoms in total. The van der Waals surface area contributed by atoms with E-state index in [1.807, 2.05) is 36.1 Å². The smallest absolute Gasteiger partial charge is 0.248 e. The number of aryl methyl sites for hydroxylation is 1. The molecule has 5 heteroatoms. The van der Waals surface area contributed by atoms with Crippen LogP contribution in [0.4, 0.5) is 0 Å². The minimum absolute atomic E-state index is 0.0793. The van der Waals surface area contributed by atoms with E-state index in [4.69, 9.17) is 4.74 Å². The fourth-order valence-electron chi connectivity index (χ4n) is 3.67. The van der Waals surface area contributed by atoms with E-state index in [9.17, 15) is 9.59 Å². The van der Waals surface area contributed by atoms with E-state index in [-0.39, 0.29) is 17.9 Å². The van der Waals surface area contributed by atoms with Gasteiger partial charge < -0.3 is 14.6 Å². The molecule has 0 bridgehead atoms. The molecule has 2 aromatic rings. The molecule has 3 rings (SSSR count). The monoisotopic (exact) mass is 342 g/mol. The number of nitrogens with one attached hydrogen (secondary N) is 1. The molecule has 1 amide bonds. The van der Waals surface area contributed by atoms with Crippen LogP contribution >= 0.6 is 0 Å². The van der Waals surface area contributed by atoms with Crippen molar-refractivity contribution in [2.45, 2.75) is 32.6 Å². The second-order valence-electron chi connectivity index (χ2n) is 6.90. The highest BCUT2D eigenvalue weighted by molar-refractivity contribution is 5.79. The van der Waals surface area contributed by atoms with Gasteiger partial charge in [0.15, 0.2) is 5.43 Å². The third-order valence-electron chi connectivity index (χ3n) is 5.29. The molecule has 0 aliphatic carbocycles. The third-order valence-corrected chi connectivity index (χ3v) is 5.29. The highest BCUT2D eigenvalue weighted by Crippen LogP contribution is 2.23. The second-order valence-corrected chi connectivity index (χ2v) is 6.90. The number of aromatic nitrogens is 1. The Bertz CT molecular complexity index is 804. The quantitative estimate of drug-likeness (QED) is 0.909. The second kappa shape index (κ2) is 7.83. The number of aromatic amines is 1. The first-order valence-electron chi connectivity index (χ1n) is 8.97. The Morgan fingerprint density at radius 2 is 2.00 bits per heavy atom. The molecule has 1 aliphatic heterocycles. The SMILES string of the molecule is COCC(=O)N1CCC(CCc2[nH]c3ccccc3c(=O)c2C)CC1. The summed E-state index contributed by atoms with van der Waals surface area (Å²) in [5.74, 6) is 0.677. The van der Waals surface area contributed by atoms with Gasteiger partial charge in [0.25, 0.3) is 0 Å². The lowest BCUT2D eigenvalue weighted by molar-refractivity contribution is -0.136. The molecular weight excluding hydrogens is 316 g/mol. The fourth-order valence-corrected chi connectivity index (χ4v) is 3.67. The van der Waals surface area contributed by atoms with Gasteiger partial charge in [-0.2, -0.15) is 0 Å². The summed E-state index contributed by atoms with van der Waals surface area (Å²) in [4.78, 5) is 29.7. The predicted molar refractivity (Wildman–Crippen MR) is 98.8 cm³/mol. The predicted octanol–water partition coefficient (Wildman–Crippen LogP) is 2.65. The number of nitrogens with zero attached hydrogens (tertiary/aromatic N) is 1. The van der Waals surface area contributed by atoms with Crippen molar-refractivity contribution in [3.63, 3.8) is 0 Å². The van der Waals surface area contributed by atoms with Crippen molar-refractivity contribution in [2.24, 2.45) is 5.92 Å². The number of piperidine rings is 1. The number of fused-ring (bicyclic) bond motifs is 1. The maximum Gasteiger partial charge on any atom is 0.248 e. The van der Waals surface area contributed by atoms with Gasteiger partial charge in [0.05, 0.1) is 0 Å². The van der Waals surface area contributed by atoms with Crippen LogP contribution in [0.15, 0.2) is 29.1 Å². The van der Waals surface area contributed by atoms with Gasteiger partial charge in [-0.3, -0.25) is 9.59 Å². The number of ether oxygens (including phenoxy) is 1. The normalized spacial score (nSPS) is 15.7. The average molecular weight is 342 g/mol. The molecule has 0 radical (unpaired) electrons. The van der Waals surface area contributed by atoms with Crippen LogP contribution < -0.4 is 5.43 Å². The third kappa shape index (κ3) is 3.93. The summed E-state index contributed by atoms with van der Waals surface area (Å²) in [5, 5.41) is 0.758. The summed E-state index contributed by atoms with van der Waals surface area (Å²) in [5.41, 5.74) is 2.91. The summed E-state index contributed by atoms with van der Waals surface area (Å²) >= 11 is 0. The molecule has 25 heavy (non-hydrogen) atoms. The number of H-pyrrole nitrogens is 1. The minimum atomic E-state index is 0.0793. The molecule has 0 atom stereocenters. The fraction of sp³-hybridized carbons (Fsp3) is 0.500. The van der Waals surface area contributed by atoms with Crippen LogP contribution in [-0.2, 0) is 16.0 Å². The lowest BCUT2D eigenvalue weighted by Crippen LogP contribution is -2.40. The van der Waals surface area contributed by atoms with Crippen molar-refractivity contribution in [1.82, 2.24) is 9.88 Å². The molecule has 0 saturated carbocycles. The van der Waals surface area contributed by atoms with Gasteiger partial charge in [-0.15, -0.1) is 0 Å². The summed E-state index contributed by atoms with van der Waals surface area (Å²) in [6, 6.07) is 7.68. The Morgan fingerprint density at radius 3 is 2.72 bits per heavy atom. The number of pyridine rings is 1. The van der Waals surface area contributed by atoms with Crippen LogP contribution in [0.25, 0.3) is 10.9 Å². The Labute approximate surface area is 148 Å². The van der Waals surface area contributed by atoms with E-state index in [1.54, 1.807) is 7.11 Å². The van der Waals surface area contributed by atoms with Gasteiger partial charge in [0.1, 0.15) is 6.61 Å². The lowest BCUT2D eigenvalue weighted by Gasteiger charge is -2.32. The molecule has 0 unspecified atom stereocenters. The van der Waals surface area contributed by atoms with Gasteiger partial charge in [0, 0.05) is 42.4 Å². The van der Waals surface area contributed by atoms with E-state index < -0.39 is 0 Å². The van der Waals surface area contributed by atoms with Crippen molar-refractivity contribution in [3.8, 4) is 0 Å². The van der Waals surface area contributed by atoms with Gasteiger partial charge in [-0.25, -0.2) is 0 Å². The number of rotatable bonds is 5. The summed E-state index contributed by atoms with van der Waals surface area (Å²) in [6.45, 7) is 3.69. The lowest BCUT2D eigenvalue weighted by atomic mass is 9.90. The van der Waals surface area contributed by atoms with Gasteiger partial charge in [-0.1, -0.05) is 12.1 Å². The van der Waals surface area contributed by atoms with Crippen molar-refractivity contribution < 1.29 is 9.53 Å². The highest BCUT2D eigenvalue weighted by atomic mass is 16.5. The van der Waals surface area contributed by atoms with Crippen LogP contribution in [-0.4, -0.2) is 42.6 Å². The van der Waals surface area contributed by atoms with E-state index >= 15 is 0 Å². The van der Waals surface area contributed by atoms with Crippen LogP contribution in [0.5, 0.6) is 0 Å². The van der Waals surface area contributed by atoms with Crippen LogP contribution in [0, 0.1) is 12.8 Å². The topological polar surface area (TPSA) is 62.4 Å². The molecular formula is C20H26N2O3. The number of methoxy groups -OCH3 is 1. The zero-order chi connectivity index (χ0) is 17.8. The van der Waals surface area contributed by atoms with E-state index in [0.29, 0.717) is 5.92 Å². The average Bonchev–Trinajstić information content (AvgIpc) is 2.64. The first kappa shape index (κ1) is 17.7. The number of para-hydroxylation sites is 1. The molecule has 1 aromatic carbocycles. The molecule has 1 aliphatic rings. The van der Waals surface area contributed by atoms with Crippen molar-refractivity contribution >= 4 is 16.8 Å². The van der Waals surface area contributed by atoms with E-state index in [0.717, 1.165) is 60.9 Å². The Balaban J connectivity index is 1.61. The summed E-state index contributed by atoms with van der Waals surface area (Å²) in [6.07, 6.45) is 3.96. The van der Waals surface area contributed by atoms with Crippen LogP contribution in [0.3, 0.4) is 0 Å². The Hall–Kier alpha value is -2.14. The summed E-state index contributed by atoms with van der Waals surface area (Å²) < 4.78 is 4.92. The maximum atomic E-state index is 12.5. The first-order chi connectivity index (χ1) is 12.1.